The van der Waals surface area contributed by atoms with Gasteiger partial charge in [-0.15, -0.1) is 0 Å². The molecule has 0 atom stereocenters. The van der Waals surface area contributed by atoms with E-state index >= 15 is 0 Å². The molecule has 0 bridgehead atoms. The van der Waals surface area contributed by atoms with E-state index in [-0.39, 0.29) is 0 Å². The maximum atomic E-state index is 5.73. The van der Waals surface area contributed by atoms with E-state index in [1.54, 1.807) is 12.5 Å². The molecule has 1 aromatic carbocycles. The lowest BCUT2D eigenvalue weighted by molar-refractivity contribution is 0.232. The third-order valence-corrected chi connectivity index (χ3v) is 3.22. The number of nitrogens with zero attached hydrogens (tertiary/aromatic N) is 1. The van der Waals surface area contributed by atoms with Crippen molar-refractivity contribution in [1.82, 2.24) is 4.90 Å². The summed E-state index contributed by atoms with van der Waals surface area (Å²) in [5.74, 6) is 0.860. The molecule has 0 amide bonds. The van der Waals surface area contributed by atoms with Gasteiger partial charge in [-0.3, -0.25) is 4.90 Å². The largest absolute Gasteiger partial charge is 0.492 e. The summed E-state index contributed by atoms with van der Waals surface area (Å²) in [7, 11) is 2.06. The van der Waals surface area contributed by atoms with Crippen molar-refractivity contribution in [3.8, 4) is 5.75 Å². The Morgan fingerprint density at radius 1 is 1.24 bits per heavy atom. The summed E-state index contributed by atoms with van der Waals surface area (Å²) in [5.41, 5.74) is 7.79. The number of likely N-dealkylation sites (N-methyl/N-ethyl adjacent to an activating group) is 1. The summed E-state index contributed by atoms with van der Waals surface area (Å²) in [6.07, 6.45) is 4.08. The molecule has 0 saturated heterocycles. The van der Waals surface area contributed by atoms with E-state index in [1.807, 2.05) is 30.3 Å². The molecule has 2 N–H and O–H groups in total. The average molecular weight is 304 g/mol. The Kier molecular flexibility index (Phi) is 5.78. The van der Waals surface area contributed by atoms with Gasteiger partial charge in [0.1, 0.15) is 12.4 Å². The summed E-state index contributed by atoms with van der Waals surface area (Å²) in [6, 6.07) is 9.85. The fraction of sp³-hybridized carbons (Fsp3) is 0.312. The third kappa shape index (κ3) is 5.57. The monoisotopic (exact) mass is 304 g/mol. The quantitative estimate of drug-likeness (QED) is 0.760. The molecule has 0 aliphatic heterocycles. The van der Waals surface area contributed by atoms with Gasteiger partial charge in [0.25, 0.3) is 0 Å². The Morgan fingerprint density at radius 3 is 2.62 bits per heavy atom. The standard InChI is InChI=1S/C16H20N2O2S/c1-18(11-14-6-8-19-12-14)7-9-20-15-4-2-13(3-5-15)10-16(17)21/h2-6,8,12H,7,9-11H2,1H3,(H2,17,21). The van der Waals surface area contributed by atoms with E-state index in [0.29, 0.717) is 18.0 Å². The highest BCUT2D eigenvalue weighted by molar-refractivity contribution is 7.80. The van der Waals surface area contributed by atoms with Gasteiger partial charge in [-0.25, -0.2) is 0 Å². The van der Waals surface area contributed by atoms with Crippen molar-refractivity contribution < 1.29 is 9.15 Å². The normalized spacial score (nSPS) is 10.8. The fourth-order valence-electron chi connectivity index (χ4n) is 2.00. The highest BCUT2D eigenvalue weighted by atomic mass is 32.1. The molecular weight excluding hydrogens is 284 g/mol. The van der Waals surface area contributed by atoms with Crippen LogP contribution in [0.4, 0.5) is 0 Å². The molecule has 0 radical (unpaired) electrons. The first kappa shape index (κ1) is 15.5. The van der Waals surface area contributed by atoms with Crippen LogP contribution in [0, 0.1) is 0 Å². The van der Waals surface area contributed by atoms with Gasteiger partial charge in [-0.2, -0.15) is 0 Å². The minimum Gasteiger partial charge on any atom is -0.492 e. The predicted molar refractivity (Wildman–Crippen MR) is 87.5 cm³/mol. The van der Waals surface area contributed by atoms with E-state index in [4.69, 9.17) is 27.1 Å². The van der Waals surface area contributed by atoms with Crippen molar-refractivity contribution in [2.75, 3.05) is 20.2 Å². The third-order valence-electron chi connectivity index (χ3n) is 3.08. The predicted octanol–water partition coefficient (Wildman–Crippen LogP) is 2.62. The number of benzene rings is 1. The van der Waals surface area contributed by atoms with Crippen LogP contribution < -0.4 is 10.5 Å². The van der Waals surface area contributed by atoms with E-state index < -0.39 is 0 Å². The number of thiocarbonyl (C=S) groups is 1. The molecule has 0 aliphatic rings. The first-order valence-corrected chi connectivity index (χ1v) is 7.24. The maximum absolute atomic E-state index is 5.73. The van der Waals surface area contributed by atoms with Crippen LogP contribution in [-0.4, -0.2) is 30.1 Å². The molecule has 0 aliphatic carbocycles. The van der Waals surface area contributed by atoms with Crippen LogP contribution in [0.15, 0.2) is 47.3 Å². The zero-order valence-electron chi connectivity index (χ0n) is 12.1. The summed E-state index contributed by atoms with van der Waals surface area (Å²) < 4.78 is 10.8. The van der Waals surface area contributed by atoms with Gasteiger partial charge < -0.3 is 14.9 Å². The minimum atomic E-state index is 0.504. The van der Waals surface area contributed by atoms with Crippen molar-refractivity contribution in [3.05, 3.63) is 54.0 Å². The molecule has 21 heavy (non-hydrogen) atoms. The number of nitrogens with two attached hydrogens (primary N) is 1. The molecule has 112 valence electrons. The van der Waals surface area contributed by atoms with Gasteiger partial charge >= 0.3 is 0 Å². The maximum Gasteiger partial charge on any atom is 0.119 e. The Balaban J connectivity index is 1.71. The van der Waals surface area contributed by atoms with Gasteiger partial charge in [-0.1, -0.05) is 24.4 Å². The smallest absolute Gasteiger partial charge is 0.119 e. The van der Waals surface area contributed by atoms with Crippen LogP contribution in [-0.2, 0) is 13.0 Å². The van der Waals surface area contributed by atoms with Crippen LogP contribution in [0.5, 0.6) is 5.75 Å². The van der Waals surface area contributed by atoms with Crippen LogP contribution in [0.3, 0.4) is 0 Å². The topological polar surface area (TPSA) is 51.6 Å². The SMILES string of the molecule is CN(CCOc1ccc(CC(N)=S)cc1)Cc1ccoc1. The fourth-order valence-corrected chi connectivity index (χ4v) is 2.16. The van der Waals surface area contributed by atoms with Crippen molar-refractivity contribution in [2.45, 2.75) is 13.0 Å². The van der Waals surface area contributed by atoms with E-state index in [9.17, 15) is 0 Å². The second kappa shape index (κ2) is 7.81. The molecule has 0 spiro atoms. The van der Waals surface area contributed by atoms with Gasteiger partial charge in [0.05, 0.1) is 17.5 Å². The Hall–Kier alpha value is -1.85. The van der Waals surface area contributed by atoms with Gasteiger partial charge in [-0.05, 0) is 30.8 Å². The highest BCUT2D eigenvalue weighted by Crippen LogP contribution is 2.13. The van der Waals surface area contributed by atoms with Crippen LogP contribution in [0.25, 0.3) is 0 Å². The molecule has 1 heterocycles. The molecule has 0 unspecified atom stereocenters. The molecule has 0 saturated carbocycles. The van der Waals surface area contributed by atoms with Crippen molar-refractivity contribution in [3.63, 3.8) is 0 Å². The summed E-state index contributed by atoms with van der Waals surface area (Å²) in [4.78, 5) is 2.69. The lowest BCUT2D eigenvalue weighted by Crippen LogP contribution is -2.23. The van der Waals surface area contributed by atoms with E-state index in [2.05, 4.69) is 11.9 Å². The molecule has 4 nitrogen and oxygen atoms in total. The van der Waals surface area contributed by atoms with Gasteiger partial charge in [0.15, 0.2) is 0 Å². The first-order chi connectivity index (χ1) is 10.1. The number of hydrogen-bond donors (Lipinski definition) is 1. The van der Waals surface area contributed by atoms with E-state index in [1.165, 1.54) is 5.56 Å². The average Bonchev–Trinajstić information content (AvgIpc) is 2.93. The van der Waals surface area contributed by atoms with E-state index in [0.717, 1.165) is 24.4 Å². The molecular formula is C16H20N2O2S. The minimum absolute atomic E-state index is 0.504. The number of hydrogen-bond acceptors (Lipinski definition) is 4. The lowest BCUT2D eigenvalue weighted by Gasteiger charge is -2.16. The summed E-state index contributed by atoms with van der Waals surface area (Å²) in [5, 5.41) is 0. The highest BCUT2D eigenvalue weighted by Gasteiger charge is 2.02. The summed E-state index contributed by atoms with van der Waals surface area (Å²) >= 11 is 4.89. The molecule has 0 fully saturated rings. The second-order valence-electron chi connectivity index (χ2n) is 5.00. The zero-order valence-corrected chi connectivity index (χ0v) is 12.9. The molecule has 2 aromatic rings. The molecule has 1 aromatic heterocycles. The van der Waals surface area contributed by atoms with Crippen LogP contribution >= 0.6 is 12.2 Å². The number of ether oxygens (including phenoxy) is 1. The first-order valence-electron chi connectivity index (χ1n) is 6.83. The number of rotatable bonds is 8. The van der Waals surface area contributed by atoms with Crippen molar-refractivity contribution >= 4 is 17.2 Å². The lowest BCUT2D eigenvalue weighted by atomic mass is 10.1. The number of furan rings is 1. The molecule has 2 rings (SSSR count). The van der Waals surface area contributed by atoms with Crippen molar-refractivity contribution in [2.24, 2.45) is 5.73 Å². The zero-order chi connectivity index (χ0) is 15.1. The Bertz CT molecular complexity index is 552. The van der Waals surface area contributed by atoms with Gasteiger partial charge in [0, 0.05) is 25.1 Å². The van der Waals surface area contributed by atoms with Gasteiger partial charge in [0.2, 0.25) is 0 Å². The Morgan fingerprint density at radius 2 is 2.00 bits per heavy atom. The van der Waals surface area contributed by atoms with Crippen LogP contribution in [0.2, 0.25) is 0 Å². The molecule has 5 heteroatoms. The Labute approximate surface area is 130 Å². The van der Waals surface area contributed by atoms with Crippen molar-refractivity contribution in [1.29, 1.82) is 0 Å². The van der Waals surface area contributed by atoms with Crippen LogP contribution in [0.1, 0.15) is 11.1 Å². The second-order valence-corrected chi connectivity index (χ2v) is 5.53. The summed E-state index contributed by atoms with van der Waals surface area (Å²) in [6.45, 7) is 2.34.